The molecule has 0 spiro atoms. The van der Waals surface area contributed by atoms with Crippen molar-refractivity contribution in [2.45, 2.75) is 6.92 Å². The Bertz CT molecular complexity index is 983. The molecule has 3 aromatic rings. The van der Waals surface area contributed by atoms with Crippen molar-refractivity contribution in [3.63, 3.8) is 0 Å². The van der Waals surface area contributed by atoms with Gasteiger partial charge in [0.1, 0.15) is 5.82 Å². The minimum atomic E-state index is -0.391. The third kappa shape index (κ3) is 3.46. The third-order valence-electron chi connectivity index (χ3n) is 5.17. The van der Waals surface area contributed by atoms with E-state index in [9.17, 15) is 10.1 Å². The van der Waals surface area contributed by atoms with E-state index in [4.69, 9.17) is 4.98 Å². The molecule has 0 amide bonds. The van der Waals surface area contributed by atoms with E-state index >= 15 is 0 Å². The van der Waals surface area contributed by atoms with Crippen LogP contribution in [0.1, 0.15) is 6.92 Å². The Morgan fingerprint density at radius 2 is 1.89 bits per heavy atom. The topological polar surface area (TPSA) is 76.6 Å². The number of anilines is 1. The lowest BCUT2D eigenvalue weighted by Gasteiger charge is -2.33. The van der Waals surface area contributed by atoms with Gasteiger partial charge in [-0.15, -0.1) is 0 Å². The number of nitrogens with zero attached hydrogens (tertiary/aromatic N) is 4. The number of nitro benzene ring substituents is 1. The minimum absolute atomic E-state index is 0.0472. The Kier molecular flexibility index (Phi) is 4.68. The number of aromatic nitrogens is 2. The molecule has 1 aliphatic rings. The Hall–Kier alpha value is -3.06. The number of hydrogen-bond acceptors (Lipinski definition) is 5. The Morgan fingerprint density at radius 1 is 1.11 bits per heavy atom. The first-order valence-electron chi connectivity index (χ1n) is 9.26. The predicted octanol–water partition coefficient (Wildman–Crippen LogP) is 1.93. The lowest BCUT2D eigenvalue weighted by molar-refractivity contribution is -0.898. The van der Waals surface area contributed by atoms with Crippen molar-refractivity contribution in [1.29, 1.82) is 0 Å². The van der Waals surface area contributed by atoms with Gasteiger partial charge in [0, 0.05) is 23.1 Å². The van der Waals surface area contributed by atoms with Gasteiger partial charge in [0.15, 0.2) is 5.82 Å². The zero-order valence-electron chi connectivity index (χ0n) is 15.3. The van der Waals surface area contributed by atoms with Crippen LogP contribution >= 0.6 is 0 Å². The van der Waals surface area contributed by atoms with Gasteiger partial charge in [0.25, 0.3) is 5.69 Å². The number of non-ortho nitro benzene ring substituents is 1. The summed E-state index contributed by atoms with van der Waals surface area (Å²) in [7, 11) is 0. The van der Waals surface area contributed by atoms with Crippen LogP contribution in [0, 0.1) is 10.1 Å². The quantitative estimate of drug-likeness (QED) is 0.565. The SMILES string of the molecule is CC[NH+]1CCN(c2nc(-c3cccc([N+](=O)[O-])c3)nc3ccccc23)CC1. The molecule has 4 rings (SSSR count). The maximum Gasteiger partial charge on any atom is 0.270 e. The van der Waals surface area contributed by atoms with Crippen molar-refractivity contribution in [2.24, 2.45) is 0 Å². The van der Waals surface area contributed by atoms with Gasteiger partial charge in [-0.2, -0.15) is 0 Å². The van der Waals surface area contributed by atoms with Gasteiger partial charge in [-0.3, -0.25) is 10.1 Å². The van der Waals surface area contributed by atoms with Crippen LogP contribution in [0.2, 0.25) is 0 Å². The number of quaternary nitrogens is 1. The second kappa shape index (κ2) is 7.28. The van der Waals surface area contributed by atoms with Crippen molar-refractivity contribution in [2.75, 3.05) is 37.6 Å². The highest BCUT2D eigenvalue weighted by Crippen LogP contribution is 2.28. The van der Waals surface area contributed by atoms with E-state index in [2.05, 4.69) is 16.8 Å². The predicted molar refractivity (Wildman–Crippen MR) is 105 cm³/mol. The maximum absolute atomic E-state index is 11.1. The van der Waals surface area contributed by atoms with E-state index in [1.54, 1.807) is 11.0 Å². The van der Waals surface area contributed by atoms with Gasteiger partial charge >= 0.3 is 0 Å². The first kappa shape index (κ1) is 17.4. The molecule has 7 heteroatoms. The number of piperazine rings is 1. The maximum atomic E-state index is 11.1. The monoisotopic (exact) mass is 364 g/mol. The molecule has 0 radical (unpaired) electrons. The molecule has 1 aliphatic heterocycles. The van der Waals surface area contributed by atoms with Crippen LogP contribution in [-0.2, 0) is 0 Å². The summed E-state index contributed by atoms with van der Waals surface area (Å²) < 4.78 is 0. The van der Waals surface area contributed by atoms with E-state index in [0.29, 0.717) is 11.4 Å². The molecule has 2 aromatic carbocycles. The van der Waals surface area contributed by atoms with E-state index in [0.717, 1.165) is 49.4 Å². The smallest absolute Gasteiger partial charge is 0.270 e. The first-order valence-corrected chi connectivity index (χ1v) is 9.26. The number of para-hydroxylation sites is 1. The number of likely N-dealkylation sites (N-methyl/N-ethyl adjacent to an activating group) is 1. The van der Waals surface area contributed by atoms with Crippen molar-refractivity contribution in [3.05, 3.63) is 58.6 Å². The Balaban J connectivity index is 1.79. The molecule has 0 bridgehead atoms. The lowest BCUT2D eigenvalue weighted by Crippen LogP contribution is -3.14. The Morgan fingerprint density at radius 3 is 2.63 bits per heavy atom. The highest BCUT2D eigenvalue weighted by atomic mass is 16.6. The average Bonchev–Trinajstić information content (AvgIpc) is 2.73. The molecule has 0 aliphatic carbocycles. The number of nitro groups is 1. The Labute approximate surface area is 157 Å². The van der Waals surface area contributed by atoms with Gasteiger partial charge in [0.05, 0.1) is 43.2 Å². The molecule has 138 valence electrons. The van der Waals surface area contributed by atoms with E-state index < -0.39 is 4.92 Å². The van der Waals surface area contributed by atoms with Crippen LogP contribution in [0.3, 0.4) is 0 Å². The fourth-order valence-corrected chi connectivity index (χ4v) is 3.58. The van der Waals surface area contributed by atoms with E-state index in [-0.39, 0.29) is 5.69 Å². The molecule has 2 heterocycles. The van der Waals surface area contributed by atoms with Crippen molar-refractivity contribution >= 4 is 22.4 Å². The molecular formula is C20H22N5O2+. The van der Waals surface area contributed by atoms with Crippen LogP contribution in [0.15, 0.2) is 48.5 Å². The second-order valence-corrected chi connectivity index (χ2v) is 6.79. The van der Waals surface area contributed by atoms with Crippen molar-refractivity contribution in [3.8, 4) is 11.4 Å². The van der Waals surface area contributed by atoms with Crippen molar-refractivity contribution in [1.82, 2.24) is 9.97 Å². The molecule has 1 fully saturated rings. The molecule has 1 N–H and O–H groups in total. The lowest BCUT2D eigenvalue weighted by atomic mass is 10.1. The molecule has 0 saturated carbocycles. The fourth-order valence-electron chi connectivity index (χ4n) is 3.58. The van der Waals surface area contributed by atoms with Gasteiger partial charge in [-0.05, 0) is 19.1 Å². The molecule has 27 heavy (non-hydrogen) atoms. The normalized spacial score (nSPS) is 15.2. The number of rotatable bonds is 4. The minimum Gasteiger partial charge on any atom is -0.345 e. The zero-order valence-corrected chi connectivity index (χ0v) is 15.3. The summed E-state index contributed by atoms with van der Waals surface area (Å²) in [4.78, 5) is 24.1. The molecule has 1 aromatic heterocycles. The number of fused-ring (bicyclic) bond motifs is 1. The highest BCUT2D eigenvalue weighted by molar-refractivity contribution is 5.91. The van der Waals surface area contributed by atoms with E-state index in [1.165, 1.54) is 12.1 Å². The summed E-state index contributed by atoms with van der Waals surface area (Å²) >= 11 is 0. The third-order valence-corrected chi connectivity index (χ3v) is 5.17. The summed E-state index contributed by atoms with van der Waals surface area (Å²) in [6, 6.07) is 14.5. The van der Waals surface area contributed by atoms with Crippen LogP contribution in [0.4, 0.5) is 11.5 Å². The summed E-state index contributed by atoms with van der Waals surface area (Å²) in [6.45, 7) is 7.40. The molecule has 0 unspecified atom stereocenters. The largest absolute Gasteiger partial charge is 0.345 e. The molecule has 0 atom stereocenters. The molecule has 1 saturated heterocycles. The standard InChI is InChI=1S/C20H21N5O2/c1-2-23-10-12-24(13-11-23)20-17-8-3-4-9-18(17)21-19(22-20)15-6-5-7-16(14-15)25(26)27/h3-9,14H,2,10-13H2,1H3/p+1. The number of nitrogens with one attached hydrogen (secondary N) is 1. The second-order valence-electron chi connectivity index (χ2n) is 6.79. The fraction of sp³-hybridized carbons (Fsp3) is 0.300. The summed E-state index contributed by atoms with van der Waals surface area (Å²) in [6.07, 6.45) is 0. The van der Waals surface area contributed by atoms with Crippen LogP contribution in [-0.4, -0.2) is 47.6 Å². The highest BCUT2D eigenvalue weighted by Gasteiger charge is 2.22. The zero-order chi connectivity index (χ0) is 18.8. The van der Waals surface area contributed by atoms with Gasteiger partial charge in [-0.1, -0.05) is 24.3 Å². The average molecular weight is 364 g/mol. The molecular weight excluding hydrogens is 342 g/mol. The van der Waals surface area contributed by atoms with Crippen LogP contribution < -0.4 is 9.80 Å². The summed E-state index contributed by atoms with van der Waals surface area (Å²) in [5.41, 5.74) is 1.56. The van der Waals surface area contributed by atoms with E-state index in [1.807, 2.05) is 30.3 Å². The first-order chi connectivity index (χ1) is 13.2. The van der Waals surface area contributed by atoms with Gasteiger partial charge in [-0.25, -0.2) is 9.97 Å². The summed E-state index contributed by atoms with van der Waals surface area (Å²) in [5.74, 6) is 1.44. The number of hydrogen-bond donors (Lipinski definition) is 1. The van der Waals surface area contributed by atoms with Gasteiger partial charge in [0.2, 0.25) is 0 Å². The van der Waals surface area contributed by atoms with Crippen LogP contribution in [0.5, 0.6) is 0 Å². The molecule has 7 nitrogen and oxygen atoms in total. The van der Waals surface area contributed by atoms with Crippen molar-refractivity contribution < 1.29 is 9.82 Å². The number of benzene rings is 2. The van der Waals surface area contributed by atoms with Crippen LogP contribution in [0.25, 0.3) is 22.3 Å². The summed E-state index contributed by atoms with van der Waals surface area (Å²) in [5, 5.41) is 12.1. The van der Waals surface area contributed by atoms with Gasteiger partial charge < -0.3 is 9.80 Å².